The van der Waals surface area contributed by atoms with E-state index in [1.807, 2.05) is 6.07 Å². The zero-order chi connectivity index (χ0) is 11.1. The van der Waals surface area contributed by atoms with E-state index in [-0.39, 0.29) is 17.7 Å². The highest BCUT2D eigenvalue weighted by molar-refractivity contribution is 5.90. The van der Waals surface area contributed by atoms with E-state index < -0.39 is 0 Å². The van der Waals surface area contributed by atoms with E-state index in [0.29, 0.717) is 13.0 Å². The molecule has 1 aromatic heterocycles. The lowest BCUT2D eigenvalue weighted by atomic mass is 10.2. The van der Waals surface area contributed by atoms with Crippen molar-refractivity contribution in [1.82, 2.24) is 20.5 Å². The zero-order valence-corrected chi connectivity index (χ0v) is 8.16. The Bertz CT molecular complexity index is 365. The van der Waals surface area contributed by atoms with Crippen LogP contribution < -0.4 is 11.1 Å². The van der Waals surface area contributed by atoms with Crippen molar-refractivity contribution >= 4 is 11.9 Å². The Hall–Kier alpha value is -2.10. The molecule has 0 radical (unpaired) electrons. The summed E-state index contributed by atoms with van der Waals surface area (Å²) in [4.78, 5) is 15.0. The van der Waals surface area contributed by atoms with Gasteiger partial charge in [-0.3, -0.25) is 9.89 Å². The minimum atomic E-state index is -0.337. The number of carbonyl (C=O) groups excluding carboxylic acids is 1. The molecule has 80 valence electrons. The smallest absolute Gasteiger partial charge is 0.288 e. The Morgan fingerprint density at radius 2 is 2.40 bits per heavy atom. The lowest BCUT2D eigenvalue weighted by molar-refractivity contribution is 0.0943. The Kier molecular flexibility index (Phi) is 4.09. The summed E-state index contributed by atoms with van der Waals surface area (Å²) < 4.78 is 0. The van der Waals surface area contributed by atoms with E-state index in [9.17, 15) is 4.79 Å². The number of nitrogen functional groups attached to an aromatic ring is 1. The molecule has 0 atom stereocenters. The van der Waals surface area contributed by atoms with Crippen LogP contribution in [0.4, 0.5) is 5.95 Å². The maximum Gasteiger partial charge on any atom is 0.288 e. The fraction of sp³-hybridized carbons (Fsp3) is 0.500. The van der Waals surface area contributed by atoms with Crippen molar-refractivity contribution in [1.29, 1.82) is 5.26 Å². The molecule has 0 unspecified atom stereocenters. The number of amides is 1. The molecule has 0 fully saturated rings. The van der Waals surface area contributed by atoms with Gasteiger partial charge in [-0.05, 0) is 12.8 Å². The molecular weight excluding hydrogens is 196 g/mol. The van der Waals surface area contributed by atoms with Crippen molar-refractivity contribution in [3.63, 3.8) is 0 Å². The number of rotatable bonds is 5. The molecule has 4 N–H and O–H groups in total. The van der Waals surface area contributed by atoms with Gasteiger partial charge < -0.3 is 11.1 Å². The van der Waals surface area contributed by atoms with Crippen LogP contribution in [0.2, 0.25) is 0 Å². The summed E-state index contributed by atoms with van der Waals surface area (Å²) in [5.74, 6) is -0.187. The number of carbonyl (C=O) groups is 1. The van der Waals surface area contributed by atoms with Crippen LogP contribution in [0.25, 0.3) is 0 Å². The second-order valence-electron chi connectivity index (χ2n) is 2.91. The second-order valence-corrected chi connectivity index (χ2v) is 2.91. The van der Waals surface area contributed by atoms with E-state index in [1.54, 1.807) is 0 Å². The van der Waals surface area contributed by atoms with E-state index >= 15 is 0 Å². The van der Waals surface area contributed by atoms with Gasteiger partial charge in [0.25, 0.3) is 5.91 Å². The van der Waals surface area contributed by atoms with E-state index in [1.165, 1.54) is 0 Å². The third kappa shape index (κ3) is 3.64. The molecule has 0 saturated carbocycles. The number of anilines is 1. The fourth-order valence-corrected chi connectivity index (χ4v) is 0.991. The van der Waals surface area contributed by atoms with Gasteiger partial charge in [-0.25, -0.2) is 0 Å². The van der Waals surface area contributed by atoms with Gasteiger partial charge in [-0.15, -0.1) is 5.10 Å². The first kappa shape index (κ1) is 11.0. The van der Waals surface area contributed by atoms with Gasteiger partial charge in [0.05, 0.1) is 6.07 Å². The number of aromatic amines is 1. The number of unbranched alkanes of at least 4 members (excludes halogenated alkanes) is 2. The van der Waals surface area contributed by atoms with Gasteiger partial charge in [0.1, 0.15) is 0 Å². The van der Waals surface area contributed by atoms with Crippen molar-refractivity contribution in [2.75, 3.05) is 12.3 Å². The molecule has 15 heavy (non-hydrogen) atoms. The van der Waals surface area contributed by atoms with E-state index in [0.717, 1.165) is 12.8 Å². The summed E-state index contributed by atoms with van der Waals surface area (Å²) >= 11 is 0. The quantitative estimate of drug-likeness (QED) is 0.579. The Morgan fingerprint density at radius 1 is 1.60 bits per heavy atom. The molecule has 1 rings (SSSR count). The molecule has 0 spiro atoms. The first-order valence-corrected chi connectivity index (χ1v) is 4.57. The molecule has 0 aliphatic heterocycles. The molecule has 7 heteroatoms. The summed E-state index contributed by atoms with van der Waals surface area (Å²) in [5.41, 5.74) is 5.24. The highest BCUT2D eigenvalue weighted by Crippen LogP contribution is 1.94. The summed E-state index contributed by atoms with van der Waals surface area (Å²) in [5, 5.41) is 16.9. The van der Waals surface area contributed by atoms with Crippen LogP contribution in [0, 0.1) is 11.3 Å². The average Bonchev–Trinajstić information content (AvgIpc) is 2.64. The van der Waals surface area contributed by atoms with Crippen LogP contribution in [0.3, 0.4) is 0 Å². The van der Waals surface area contributed by atoms with E-state index in [4.69, 9.17) is 11.0 Å². The van der Waals surface area contributed by atoms with Crippen molar-refractivity contribution in [3.8, 4) is 6.07 Å². The molecule has 0 saturated heterocycles. The van der Waals surface area contributed by atoms with Crippen molar-refractivity contribution in [2.24, 2.45) is 0 Å². The number of hydrogen-bond acceptors (Lipinski definition) is 5. The molecule has 0 aromatic carbocycles. The van der Waals surface area contributed by atoms with Gasteiger partial charge in [0.15, 0.2) is 0 Å². The molecule has 1 heterocycles. The number of nitrogens with one attached hydrogen (secondary N) is 2. The molecule has 1 aromatic rings. The van der Waals surface area contributed by atoms with Crippen LogP contribution in [-0.4, -0.2) is 27.6 Å². The average molecular weight is 208 g/mol. The van der Waals surface area contributed by atoms with Gasteiger partial charge in [0.2, 0.25) is 11.8 Å². The van der Waals surface area contributed by atoms with Crippen LogP contribution in [-0.2, 0) is 0 Å². The van der Waals surface area contributed by atoms with Crippen LogP contribution in [0.15, 0.2) is 0 Å². The maximum atomic E-state index is 11.3. The molecule has 0 aliphatic carbocycles. The lowest BCUT2D eigenvalue weighted by Crippen LogP contribution is -2.25. The Labute approximate surface area is 86.7 Å². The SMILES string of the molecule is N#CCCCCNC(=O)c1nc(N)n[nH]1. The van der Waals surface area contributed by atoms with Crippen molar-refractivity contribution in [2.45, 2.75) is 19.3 Å². The predicted molar refractivity (Wildman–Crippen MR) is 52.6 cm³/mol. The van der Waals surface area contributed by atoms with Crippen molar-refractivity contribution in [3.05, 3.63) is 5.82 Å². The number of nitriles is 1. The third-order valence-electron chi connectivity index (χ3n) is 1.72. The van der Waals surface area contributed by atoms with Crippen molar-refractivity contribution < 1.29 is 4.79 Å². The normalized spacial score (nSPS) is 9.53. The third-order valence-corrected chi connectivity index (χ3v) is 1.72. The standard InChI is InChI=1S/C8H12N6O/c9-4-2-1-3-5-11-7(15)6-12-8(10)14-13-6/h1-3,5H2,(H,11,15)(H3,10,12,13,14). The van der Waals surface area contributed by atoms with Gasteiger partial charge >= 0.3 is 0 Å². The van der Waals surface area contributed by atoms with Crippen LogP contribution in [0.5, 0.6) is 0 Å². The summed E-state index contributed by atoms with van der Waals surface area (Å²) in [6.45, 7) is 0.515. The fourth-order valence-electron chi connectivity index (χ4n) is 0.991. The Balaban J connectivity index is 2.23. The predicted octanol–water partition coefficient (Wildman–Crippen LogP) is -0.189. The highest BCUT2D eigenvalue weighted by atomic mass is 16.2. The monoisotopic (exact) mass is 208 g/mol. The summed E-state index contributed by atoms with van der Waals surface area (Å²) in [6, 6.07) is 2.03. The summed E-state index contributed by atoms with van der Waals surface area (Å²) in [7, 11) is 0. The molecule has 0 bridgehead atoms. The van der Waals surface area contributed by atoms with Gasteiger partial charge in [0, 0.05) is 13.0 Å². The van der Waals surface area contributed by atoms with Gasteiger partial charge in [-0.2, -0.15) is 10.2 Å². The molecule has 0 aliphatic rings. The largest absolute Gasteiger partial charge is 0.366 e. The minimum Gasteiger partial charge on any atom is -0.366 e. The zero-order valence-electron chi connectivity index (χ0n) is 8.16. The van der Waals surface area contributed by atoms with Crippen LogP contribution in [0.1, 0.15) is 29.9 Å². The molecule has 1 amide bonds. The highest BCUT2D eigenvalue weighted by Gasteiger charge is 2.08. The van der Waals surface area contributed by atoms with Crippen LogP contribution >= 0.6 is 0 Å². The Morgan fingerprint density at radius 3 is 3.00 bits per heavy atom. The number of nitrogens with zero attached hydrogens (tertiary/aromatic N) is 3. The first-order chi connectivity index (χ1) is 7.24. The van der Waals surface area contributed by atoms with E-state index in [2.05, 4.69) is 20.5 Å². The number of hydrogen-bond donors (Lipinski definition) is 3. The summed E-state index contributed by atoms with van der Waals surface area (Å²) in [6.07, 6.45) is 2.05. The van der Waals surface area contributed by atoms with Gasteiger partial charge in [-0.1, -0.05) is 0 Å². The molecule has 7 nitrogen and oxygen atoms in total. The second kappa shape index (κ2) is 5.59. The number of nitrogens with two attached hydrogens (primary N) is 1. The minimum absolute atomic E-state index is 0.0460. The first-order valence-electron chi connectivity index (χ1n) is 4.57. The molecular formula is C8H12N6O. The number of aromatic nitrogens is 3. The lowest BCUT2D eigenvalue weighted by Gasteiger charge is -2.00. The maximum absolute atomic E-state index is 11.3. The topological polar surface area (TPSA) is 120 Å². The number of H-pyrrole nitrogens is 1.